The van der Waals surface area contributed by atoms with Crippen molar-refractivity contribution in [3.63, 3.8) is 0 Å². The Labute approximate surface area is 145 Å². The van der Waals surface area contributed by atoms with E-state index in [1.807, 2.05) is 13.0 Å². The van der Waals surface area contributed by atoms with Crippen molar-refractivity contribution in [3.8, 4) is 5.95 Å². The van der Waals surface area contributed by atoms with Gasteiger partial charge in [0.25, 0.3) is 11.9 Å². The molecule has 3 aromatic rings. The number of amides is 1. The van der Waals surface area contributed by atoms with Crippen LogP contribution in [0.15, 0.2) is 30.9 Å². The van der Waals surface area contributed by atoms with Crippen molar-refractivity contribution >= 4 is 16.8 Å². The van der Waals surface area contributed by atoms with E-state index in [1.165, 1.54) is 19.3 Å². The summed E-state index contributed by atoms with van der Waals surface area (Å²) in [5.74, 6) is 0.321. The van der Waals surface area contributed by atoms with Gasteiger partial charge in [-0.1, -0.05) is 19.3 Å². The second-order valence-corrected chi connectivity index (χ2v) is 6.47. The molecule has 3 aromatic heterocycles. The summed E-state index contributed by atoms with van der Waals surface area (Å²) in [5, 5.41) is 8.57. The van der Waals surface area contributed by atoms with Crippen LogP contribution >= 0.6 is 0 Å². The Kier molecular flexibility index (Phi) is 4.13. The zero-order valence-corrected chi connectivity index (χ0v) is 14.1. The van der Waals surface area contributed by atoms with E-state index in [0.29, 0.717) is 11.5 Å². The fourth-order valence-corrected chi connectivity index (χ4v) is 3.33. The fraction of sp³-hybridized carbons (Fsp3) is 0.389. The molecule has 0 aromatic carbocycles. The molecule has 1 aliphatic carbocycles. The summed E-state index contributed by atoms with van der Waals surface area (Å²) in [4.78, 5) is 25.2. The van der Waals surface area contributed by atoms with Crippen LogP contribution in [-0.2, 0) is 0 Å². The third kappa shape index (κ3) is 3.09. The van der Waals surface area contributed by atoms with E-state index in [1.54, 1.807) is 29.5 Å². The first-order valence-corrected chi connectivity index (χ1v) is 8.65. The first-order valence-electron chi connectivity index (χ1n) is 8.65. The molecule has 1 fully saturated rings. The molecule has 0 spiro atoms. The quantitative estimate of drug-likeness (QED) is 0.794. The third-order valence-corrected chi connectivity index (χ3v) is 4.70. The van der Waals surface area contributed by atoms with Gasteiger partial charge in [0.15, 0.2) is 0 Å². The number of nitrogens with one attached hydrogen (secondary N) is 1. The van der Waals surface area contributed by atoms with Crippen LogP contribution in [-0.4, -0.2) is 36.7 Å². The summed E-state index contributed by atoms with van der Waals surface area (Å²) < 4.78 is 1.65. The molecule has 0 aliphatic heterocycles. The maximum absolute atomic E-state index is 12.4. The second kappa shape index (κ2) is 6.58. The van der Waals surface area contributed by atoms with Crippen LogP contribution in [0, 0.1) is 6.92 Å². The lowest BCUT2D eigenvalue weighted by atomic mass is 9.95. The van der Waals surface area contributed by atoms with E-state index < -0.39 is 0 Å². The zero-order chi connectivity index (χ0) is 17.2. The highest BCUT2D eigenvalue weighted by atomic mass is 16.1. The zero-order valence-electron chi connectivity index (χ0n) is 14.1. The van der Waals surface area contributed by atoms with Crippen LogP contribution in [0.1, 0.15) is 48.2 Å². The molecule has 7 nitrogen and oxygen atoms in total. The van der Waals surface area contributed by atoms with Gasteiger partial charge in [0.2, 0.25) is 0 Å². The molecule has 25 heavy (non-hydrogen) atoms. The lowest BCUT2D eigenvalue weighted by molar-refractivity contribution is 0.0927. The molecule has 3 heterocycles. The molecular formula is C18H20N6O. The maximum Gasteiger partial charge on any atom is 0.254 e. The number of hydrogen-bond acceptors (Lipinski definition) is 5. The average Bonchev–Trinajstić information content (AvgIpc) is 3.00. The maximum atomic E-state index is 12.4. The van der Waals surface area contributed by atoms with E-state index in [-0.39, 0.29) is 11.9 Å². The van der Waals surface area contributed by atoms with Crippen molar-refractivity contribution in [3.05, 3.63) is 42.1 Å². The number of hydrogen-bond donors (Lipinski definition) is 1. The highest BCUT2D eigenvalue weighted by Gasteiger charge is 2.17. The van der Waals surface area contributed by atoms with E-state index >= 15 is 0 Å². The molecule has 4 rings (SSSR count). The Bertz CT molecular complexity index is 896. The van der Waals surface area contributed by atoms with Crippen molar-refractivity contribution in [1.82, 2.24) is 30.0 Å². The molecular weight excluding hydrogens is 316 g/mol. The van der Waals surface area contributed by atoms with Gasteiger partial charge in [0, 0.05) is 30.0 Å². The molecule has 0 radical (unpaired) electrons. The summed E-state index contributed by atoms with van der Waals surface area (Å²) in [6, 6.07) is 2.19. The second-order valence-electron chi connectivity index (χ2n) is 6.47. The molecule has 1 amide bonds. The van der Waals surface area contributed by atoms with Gasteiger partial charge in [0.05, 0.1) is 23.0 Å². The molecule has 0 saturated heterocycles. The predicted octanol–water partition coefficient (Wildman–Crippen LogP) is 2.58. The minimum Gasteiger partial charge on any atom is -0.349 e. The van der Waals surface area contributed by atoms with Gasteiger partial charge < -0.3 is 5.32 Å². The predicted molar refractivity (Wildman–Crippen MR) is 93.5 cm³/mol. The Morgan fingerprint density at radius 3 is 2.68 bits per heavy atom. The van der Waals surface area contributed by atoms with E-state index in [4.69, 9.17) is 0 Å². The molecule has 128 valence electrons. The normalized spacial score (nSPS) is 15.4. The number of carbonyl (C=O) groups excluding carboxylic acids is 1. The van der Waals surface area contributed by atoms with Crippen LogP contribution < -0.4 is 5.32 Å². The van der Waals surface area contributed by atoms with Crippen molar-refractivity contribution in [2.24, 2.45) is 0 Å². The van der Waals surface area contributed by atoms with Crippen molar-refractivity contribution in [2.75, 3.05) is 0 Å². The first kappa shape index (κ1) is 15.7. The standard InChI is InChI=1S/C18H20N6O/c1-12-15-7-8-19-11-16(15)24(23-12)18-20-9-13(10-21-18)17(25)22-14-5-3-2-4-6-14/h7-11,14H,2-6H2,1H3,(H,22,25). The van der Waals surface area contributed by atoms with Crippen molar-refractivity contribution in [2.45, 2.75) is 45.1 Å². The van der Waals surface area contributed by atoms with Crippen molar-refractivity contribution in [1.29, 1.82) is 0 Å². The Balaban J connectivity index is 1.56. The highest BCUT2D eigenvalue weighted by Crippen LogP contribution is 2.19. The van der Waals surface area contributed by atoms with Crippen LogP contribution in [0.5, 0.6) is 0 Å². The Hall–Kier alpha value is -2.83. The van der Waals surface area contributed by atoms with Gasteiger partial charge in [-0.3, -0.25) is 9.78 Å². The monoisotopic (exact) mass is 336 g/mol. The molecule has 1 N–H and O–H groups in total. The Morgan fingerprint density at radius 2 is 1.92 bits per heavy atom. The molecule has 0 atom stereocenters. The molecule has 7 heteroatoms. The first-order chi connectivity index (χ1) is 12.2. The SMILES string of the molecule is Cc1nn(-c2ncc(C(=O)NC3CCCCC3)cn2)c2cnccc12. The largest absolute Gasteiger partial charge is 0.349 e. The Morgan fingerprint density at radius 1 is 1.16 bits per heavy atom. The van der Waals surface area contributed by atoms with E-state index in [2.05, 4.69) is 25.4 Å². The summed E-state index contributed by atoms with van der Waals surface area (Å²) in [6.07, 6.45) is 12.3. The number of rotatable bonds is 3. The van der Waals surface area contributed by atoms with Crippen LogP contribution in [0.2, 0.25) is 0 Å². The minimum absolute atomic E-state index is 0.110. The summed E-state index contributed by atoms with van der Waals surface area (Å²) in [6.45, 7) is 1.94. The number of fused-ring (bicyclic) bond motifs is 1. The van der Waals surface area contributed by atoms with Crippen LogP contribution in [0.3, 0.4) is 0 Å². The summed E-state index contributed by atoms with van der Waals surface area (Å²) in [5.41, 5.74) is 2.21. The topological polar surface area (TPSA) is 85.6 Å². The van der Waals surface area contributed by atoms with Gasteiger partial charge in [-0.15, -0.1) is 0 Å². The van der Waals surface area contributed by atoms with Gasteiger partial charge in [-0.2, -0.15) is 9.78 Å². The number of pyridine rings is 1. The number of nitrogens with zero attached hydrogens (tertiary/aromatic N) is 5. The lowest BCUT2D eigenvalue weighted by Crippen LogP contribution is -2.36. The number of aryl methyl sites for hydroxylation is 1. The van der Waals surface area contributed by atoms with Gasteiger partial charge in [0.1, 0.15) is 0 Å². The van der Waals surface area contributed by atoms with E-state index in [9.17, 15) is 4.79 Å². The summed E-state index contributed by atoms with van der Waals surface area (Å²) in [7, 11) is 0. The average molecular weight is 336 g/mol. The van der Waals surface area contributed by atoms with Gasteiger partial charge in [-0.05, 0) is 25.8 Å². The fourth-order valence-electron chi connectivity index (χ4n) is 3.33. The minimum atomic E-state index is -0.110. The number of carbonyl (C=O) groups is 1. The van der Waals surface area contributed by atoms with Crippen LogP contribution in [0.25, 0.3) is 16.9 Å². The summed E-state index contributed by atoms with van der Waals surface area (Å²) >= 11 is 0. The van der Waals surface area contributed by atoms with E-state index in [0.717, 1.165) is 29.4 Å². The van der Waals surface area contributed by atoms with Crippen molar-refractivity contribution < 1.29 is 4.79 Å². The number of aromatic nitrogens is 5. The third-order valence-electron chi connectivity index (χ3n) is 4.70. The lowest BCUT2D eigenvalue weighted by Gasteiger charge is -2.22. The van der Waals surface area contributed by atoms with Gasteiger partial charge >= 0.3 is 0 Å². The molecule has 0 bridgehead atoms. The highest BCUT2D eigenvalue weighted by molar-refractivity contribution is 5.93. The molecule has 0 unspecified atom stereocenters. The van der Waals surface area contributed by atoms with Gasteiger partial charge in [-0.25, -0.2) is 9.97 Å². The molecule has 1 saturated carbocycles. The molecule has 1 aliphatic rings. The smallest absolute Gasteiger partial charge is 0.254 e. The van der Waals surface area contributed by atoms with Crippen LogP contribution in [0.4, 0.5) is 0 Å².